The van der Waals surface area contributed by atoms with Crippen molar-refractivity contribution in [3.8, 4) is 5.75 Å². The molecule has 2 aliphatic heterocycles. The first-order chi connectivity index (χ1) is 12.1. The second-order valence-electron chi connectivity index (χ2n) is 7.18. The van der Waals surface area contributed by atoms with Crippen LogP contribution in [0.4, 0.5) is 10.5 Å². The van der Waals surface area contributed by atoms with E-state index in [4.69, 9.17) is 4.74 Å². The molecule has 142 valence electrons. The molecule has 0 bridgehead atoms. The topological polar surface area (TPSA) is 82.7 Å². The smallest absolute Gasteiger partial charge is 0.321 e. The summed E-state index contributed by atoms with van der Waals surface area (Å²) >= 11 is 0. The summed E-state index contributed by atoms with van der Waals surface area (Å²) in [5.41, 5.74) is 1.07. The van der Waals surface area contributed by atoms with E-state index in [1.54, 1.807) is 25.3 Å². The Labute approximate surface area is 159 Å². The molecular formula is C18H25ClN4O3. The number of methoxy groups -OCH3 is 1. The lowest BCUT2D eigenvalue weighted by Crippen LogP contribution is -2.35. The van der Waals surface area contributed by atoms with Gasteiger partial charge in [0.25, 0.3) is 5.91 Å². The molecule has 7 nitrogen and oxygen atoms in total. The van der Waals surface area contributed by atoms with Gasteiger partial charge >= 0.3 is 6.03 Å². The van der Waals surface area contributed by atoms with Gasteiger partial charge in [0.1, 0.15) is 5.75 Å². The maximum absolute atomic E-state index is 12.6. The van der Waals surface area contributed by atoms with Crippen molar-refractivity contribution in [1.82, 2.24) is 15.5 Å². The van der Waals surface area contributed by atoms with Crippen LogP contribution >= 0.6 is 12.4 Å². The molecule has 3 fully saturated rings. The molecule has 0 aromatic heterocycles. The van der Waals surface area contributed by atoms with Gasteiger partial charge in [-0.05, 0) is 42.9 Å². The molecule has 2 heterocycles. The number of hydrogen-bond donors (Lipinski definition) is 3. The number of anilines is 1. The summed E-state index contributed by atoms with van der Waals surface area (Å²) in [7, 11) is 1.56. The van der Waals surface area contributed by atoms with Crippen LogP contribution in [0.5, 0.6) is 5.75 Å². The number of benzene rings is 1. The van der Waals surface area contributed by atoms with Crippen molar-refractivity contribution in [3.05, 3.63) is 23.8 Å². The Balaban J connectivity index is 0.00000196. The summed E-state index contributed by atoms with van der Waals surface area (Å²) in [6.07, 6.45) is 2.08. The molecule has 3 aliphatic rings. The van der Waals surface area contributed by atoms with Crippen molar-refractivity contribution >= 4 is 30.0 Å². The summed E-state index contributed by atoms with van der Waals surface area (Å²) in [4.78, 5) is 26.7. The normalized spacial score (nSPS) is 23.8. The Morgan fingerprint density at radius 1 is 1.19 bits per heavy atom. The number of hydrogen-bond acceptors (Lipinski definition) is 4. The molecule has 1 aromatic carbocycles. The number of likely N-dealkylation sites (tertiary alicyclic amines) is 1. The molecule has 8 heteroatoms. The fourth-order valence-corrected chi connectivity index (χ4v) is 3.66. The van der Waals surface area contributed by atoms with E-state index in [0.717, 1.165) is 39.0 Å². The third-order valence-electron chi connectivity index (χ3n) is 5.29. The molecular weight excluding hydrogens is 356 g/mol. The number of rotatable bonds is 4. The minimum absolute atomic E-state index is 0. The molecule has 4 rings (SSSR count). The SMILES string of the molecule is COc1ccc(C(=O)NC2CC2)cc1NC(=O)N1C[C@H]2CNC[C@H]2C1.Cl. The molecule has 1 aromatic rings. The van der Waals surface area contributed by atoms with Crippen LogP contribution in [0.1, 0.15) is 23.2 Å². The van der Waals surface area contributed by atoms with Crippen LogP contribution in [0.3, 0.4) is 0 Å². The van der Waals surface area contributed by atoms with E-state index in [2.05, 4.69) is 16.0 Å². The van der Waals surface area contributed by atoms with E-state index in [0.29, 0.717) is 34.9 Å². The number of carbonyl (C=O) groups excluding carboxylic acids is 2. The molecule has 0 unspecified atom stereocenters. The molecule has 26 heavy (non-hydrogen) atoms. The van der Waals surface area contributed by atoms with Crippen LogP contribution in [0.15, 0.2) is 18.2 Å². The maximum atomic E-state index is 12.6. The highest BCUT2D eigenvalue weighted by atomic mass is 35.5. The predicted molar refractivity (Wildman–Crippen MR) is 101 cm³/mol. The van der Waals surface area contributed by atoms with Gasteiger partial charge in [0, 0.05) is 37.8 Å². The van der Waals surface area contributed by atoms with E-state index < -0.39 is 0 Å². The van der Waals surface area contributed by atoms with Crippen molar-refractivity contribution < 1.29 is 14.3 Å². The molecule has 0 radical (unpaired) electrons. The van der Waals surface area contributed by atoms with Crippen molar-refractivity contribution in [3.63, 3.8) is 0 Å². The van der Waals surface area contributed by atoms with Crippen molar-refractivity contribution in [1.29, 1.82) is 0 Å². The summed E-state index contributed by atoms with van der Waals surface area (Å²) in [6.45, 7) is 3.50. The largest absolute Gasteiger partial charge is 0.495 e. The summed E-state index contributed by atoms with van der Waals surface area (Å²) < 4.78 is 5.34. The lowest BCUT2D eigenvalue weighted by molar-refractivity contribution is 0.0951. The highest BCUT2D eigenvalue weighted by Gasteiger charge is 2.38. The summed E-state index contributed by atoms with van der Waals surface area (Å²) in [6, 6.07) is 5.29. The zero-order valence-electron chi connectivity index (χ0n) is 14.8. The van der Waals surface area contributed by atoms with Gasteiger partial charge in [0.2, 0.25) is 0 Å². The van der Waals surface area contributed by atoms with Crippen LogP contribution in [-0.4, -0.2) is 56.2 Å². The molecule has 3 N–H and O–H groups in total. The molecule has 0 spiro atoms. The quantitative estimate of drug-likeness (QED) is 0.742. The van der Waals surface area contributed by atoms with E-state index in [1.807, 2.05) is 4.90 Å². The molecule has 2 saturated heterocycles. The second kappa shape index (κ2) is 7.72. The Morgan fingerprint density at radius 2 is 1.88 bits per heavy atom. The Kier molecular flexibility index (Phi) is 5.58. The molecule has 1 aliphatic carbocycles. The minimum Gasteiger partial charge on any atom is -0.495 e. The zero-order chi connectivity index (χ0) is 17.4. The third-order valence-corrected chi connectivity index (χ3v) is 5.29. The first kappa shape index (κ1) is 18.8. The number of nitrogens with zero attached hydrogens (tertiary/aromatic N) is 1. The van der Waals surface area contributed by atoms with Gasteiger partial charge in [-0.15, -0.1) is 12.4 Å². The maximum Gasteiger partial charge on any atom is 0.321 e. The van der Waals surface area contributed by atoms with Crippen molar-refractivity contribution in [2.45, 2.75) is 18.9 Å². The van der Waals surface area contributed by atoms with Gasteiger partial charge in [-0.3, -0.25) is 4.79 Å². The highest BCUT2D eigenvalue weighted by molar-refractivity contribution is 5.98. The van der Waals surface area contributed by atoms with Crippen molar-refractivity contribution in [2.75, 3.05) is 38.6 Å². The molecule has 2 atom stereocenters. The van der Waals surface area contributed by atoms with Crippen LogP contribution in [0.25, 0.3) is 0 Å². The second-order valence-corrected chi connectivity index (χ2v) is 7.18. The van der Waals surface area contributed by atoms with Gasteiger partial charge in [0.05, 0.1) is 12.8 Å². The van der Waals surface area contributed by atoms with Crippen LogP contribution in [-0.2, 0) is 0 Å². The van der Waals surface area contributed by atoms with E-state index in [9.17, 15) is 9.59 Å². The third kappa shape index (κ3) is 3.88. The number of halogens is 1. The molecule has 1 saturated carbocycles. The predicted octanol–water partition coefficient (Wildman–Crippen LogP) is 1.69. The Bertz CT molecular complexity index is 683. The lowest BCUT2D eigenvalue weighted by Gasteiger charge is -2.19. The van der Waals surface area contributed by atoms with Gasteiger partial charge in [-0.25, -0.2) is 4.79 Å². The number of nitrogens with one attached hydrogen (secondary N) is 3. The average molecular weight is 381 g/mol. The average Bonchev–Trinajstić information content (AvgIpc) is 3.15. The number of urea groups is 1. The van der Waals surface area contributed by atoms with Gasteiger partial charge in [-0.2, -0.15) is 0 Å². The Hall–Kier alpha value is -1.99. The minimum atomic E-state index is -0.132. The highest BCUT2D eigenvalue weighted by Crippen LogP contribution is 2.29. The Morgan fingerprint density at radius 3 is 2.50 bits per heavy atom. The van der Waals surface area contributed by atoms with Gasteiger partial charge in [0.15, 0.2) is 0 Å². The first-order valence-electron chi connectivity index (χ1n) is 8.89. The van der Waals surface area contributed by atoms with Crippen LogP contribution in [0, 0.1) is 11.8 Å². The van der Waals surface area contributed by atoms with Gasteiger partial charge < -0.3 is 25.6 Å². The van der Waals surface area contributed by atoms with Gasteiger partial charge in [-0.1, -0.05) is 0 Å². The number of carbonyl (C=O) groups is 2. The number of ether oxygens (including phenoxy) is 1. The lowest BCUT2D eigenvalue weighted by atomic mass is 10.0. The van der Waals surface area contributed by atoms with E-state index >= 15 is 0 Å². The summed E-state index contributed by atoms with van der Waals surface area (Å²) in [5.74, 6) is 1.53. The first-order valence-corrected chi connectivity index (χ1v) is 8.89. The number of fused-ring (bicyclic) bond motifs is 1. The van der Waals surface area contributed by atoms with E-state index in [1.165, 1.54) is 0 Å². The van der Waals surface area contributed by atoms with Crippen LogP contribution < -0.4 is 20.7 Å². The summed E-state index contributed by atoms with van der Waals surface area (Å²) in [5, 5.41) is 9.25. The van der Waals surface area contributed by atoms with E-state index in [-0.39, 0.29) is 24.3 Å². The zero-order valence-corrected chi connectivity index (χ0v) is 15.6. The monoisotopic (exact) mass is 380 g/mol. The fourth-order valence-electron chi connectivity index (χ4n) is 3.66. The standard InChI is InChI=1S/C18H24N4O3.ClH/c1-25-16-5-2-11(17(23)20-14-3-4-14)6-15(16)21-18(24)22-9-12-7-19-8-13(12)10-22;/h2,5-6,12-14,19H,3-4,7-10H2,1H3,(H,20,23)(H,21,24);1H/t12-,13+;. The fraction of sp³-hybridized carbons (Fsp3) is 0.556. The molecule has 3 amide bonds. The van der Waals surface area contributed by atoms with Crippen molar-refractivity contribution in [2.24, 2.45) is 11.8 Å². The number of amides is 3. The van der Waals surface area contributed by atoms with Crippen LogP contribution in [0.2, 0.25) is 0 Å².